The van der Waals surface area contributed by atoms with E-state index in [9.17, 15) is 18.3 Å². The number of rotatable bonds is 10. The number of benzene rings is 2. The highest BCUT2D eigenvalue weighted by Gasteiger charge is 2.33. The van der Waals surface area contributed by atoms with Crippen LogP contribution in [-0.4, -0.2) is 66.3 Å². The fourth-order valence-electron chi connectivity index (χ4n) is 3.65. The molecular formula is C25H33F3N8O2. The normalized spacial score (nSPS) is 12.0. The average molecular weight is 535 g/mol. The SMILES string of the molecule is COc1cc(N(C)CCN(C)C)c(N)cc1Nc1ncnc(Nc2ccc(C(F)(F)F)cc2C(C)(C)O)n1. The van der Waals surface area contributed by atoms with Crippen molar-refractivity contribution in [1.82, 2.24) is 19.9 Å². The van der Waals surface area contributed by atoms with Crippen LogP contribution in [0.5, 0.6) is 5.75 Å². The number of nitrogens with one attached hydrogen (secondary N) is 2. The van der Waals surface area contributed by atoms with Crippen molar-refractivity contribution >= 4 is 34.6 Å². The van der Waals surface area contributed by atoms with Crippen LogP contribution in [0.2, 0.25) is 0 Å². The minimum absolute atomic E-state index is 0.0330. The van der Waals surface area contributed by atoms with Crippen molar-refractivity contribution in [2.24, 2.45) is 0 Å². The molecule has 3 rings (SSSR count). The van der Waals surface area contributed by atoms with Gasteiger partial charge in [0.25, 0.3) is 0 Å². The maximum absolute atomic E-state index is 13.2. The van der Waals surface area contributed by atoms with Crippen LogP contribution in [0, 0.1) is 0 Å². The highest BCUT2D eigenvalue weighted by Crippen LogP contribution is 2.38. The van der Waals surface area contributed by atoms with Crippen LogP contribution < -0.4 is 26.0 Å². The van der Waals surface area contributed by atoms with E-state index in [0.717, 1.165) is 30.9 Å². The zero-order valence-electron chi connectivity index (χ0n) is 22.2. The third-order valence-electron chi connectivity index (χ3n) is 5.71. The third kappa shape index (κ3) is 7.13. The zero-order chi connectivity index (χ0) is 28.3. The summed E-state index contributed by atoms with van der Waals surface area (Å²) in [6, 6.07) is 6.56. The van der Waals surface area contributed by atoms with Crippen molar-refractivity contribution in [1.29, 1.82) is 0 Å². The number of halogens is 3. The molecule has 0 saturated carbocycles. The van der Waals surface area contributed by atoms with E-state index in [2.05, 4.69) is 30.5 Å². The second kappa shape index (κ2) is 11.3. The molecule has 13 heteroatoms. The topological polar surface area (TPSA) is 125 Å². The number of nitrogen functional groups attached to an aromatic ring is 1. The molecule has 206 valence electrons. The summed E-state index contributed by atoms with van der Waals surface area (Å²) in [6.45, 7) is 4.39. The molecule has 0 unspecified atom stereocenters. The number of ether oxygens (including phenoxy) is 1. The van der Waals surface area contributed by atoms with Gasteiger partial charge in [-0.15, -0.1) is 0 Å². The molecule has 5 N–H and O–H groups in total. The summed E-state index contributed by atoms with van der Waals surface area (Å²) in [7, 11) is 7.45. The van der Waals surface area contributed by atoms with Crippen LogP contribution in [0.15, 0.2) is 36.7 Å². The standard InChI is InChI=1S/C25H33F3N8O2/c1-24(2,37)16-11-15(25(26,27)28)7-8-18(16)32-22-30-14-31-23(34-22)33-19-12-17(29)20(13-21(19)38-6)36(5)10-9-35(3)4/h7-8,11-14,37H,9-10,29H2,1-6H3,(H2,30,31,32,33,34). The number of hydrogen-bond donors (Lipinski definition) is 4. The molecular weight excluding hydrogens is 501 g/mol. The van der Waals surface area contributed by atoms with Gasteiger partial charge in [0.15, 0.2) is 0 Å². The maximum atomic E-state index is 13.2. The summed E-state index contributed by atoms with van der Waals surface area (Å²) in [6.07, 6.45) is -3.31. The second-order valence-corrected chi connectivity index (χ2v) is 9.54. The lowest BCUT2D eigenvalue weighted by atomic mass is 9.94. The molecule has 0 atom stereocenters. The van der Waals surface area contributed by atoms with Crippen molar-refractivity contribution in [3.05, 3.63) is 47.8 Å². The average Bonchev–Trinajstić information content (AvgIpc) is 2.82. The van der Waals surface area contributed by atoms with Gasteiger partial charge in [0.2, 0.25) is 11.9 Å². The Bertz CT molecular complexity index is 1260. The fourth-order valence-corrected chi connectivity index (χ4v) is 3.65. The largest absolute Gasteiger partial charge is 0.494 e. The Morgan fingerprint density at radius 2 is 1.61 bits per heavy atom. The highest BCUT2D eigenvalue weighted by atomic mass is 19.4. The van der Waals surface area contributed by atoms with Crippen LogP contribution in [0.25, 0.3) is 0 Å². The molecule has 10 nitrogen and oxygen atoms in total. The minimum atomic E-state index is -4.56. The quantitative estimate of drug-likeness (QED) is 0.281. The molecule has 38 heavy (non-hydrogen) atoms. The molecule has 0 fully saturated rings. The van der Waals surface area contributed by atoms with E-state index in [4.69, 9.17) is 10.5 Å². The Labute approximate surface area is 219 Å². The number of methoxy groups -OCH3 is 1. The zero-order valence-corrected chi connectivity index (χ0v) is 22.2. The number of nitrogens with two attached hydrogens (primary N) is 1. The smallest absolute Gasteiger partial charge is 0.416 e. The first kappa shape index (κ1) is 28.7. The number of nitrogens with zero attached hydrogens (tertiary/aromatic N) is 5. The Morgan fingerprint density at radius 3 is 2.16 bits per heavy atom. The number of alkyl halides is 3. The van der Waals surface area contributed by atoms with Gasteiger partial charge in [-0.1, -0.05) is 0 Å². The number of hydrogen-bond acceptors (Lipinski definition) is 10. The number of likely N-dealkylation sites (N-methyl/N-ethyl adjacent to an activating group) is 2. The molecule has 0 radical (unpaired) electrons. The van der Waals surface area contributed by atoms with Gasteiger partial charge in [-0.25, -0.2) is 9.97 Å². The van der Waals surface area contributed by atoms with Gasteiger partial charge in [0, 0.05) is 37.5 Å². The molecule has 1 aromatic heterocycles. The monoisotopic (exact) mass is 534 g/mol. The van der Waals surface area contributed by atoms with E-state index in [-0.39, 0.29) is 23.1 Å². The van der Waals surface area contributed by atoms with Crippen LogP contribution in [0.4, 0.5) is 47.8 Å². The Kier molecular flexibility index (Phi) is 8.52. The summed E-state index contributed by atoms with van der Waals surface area (Å²) < 4.78 is 45.3. The van der Waals surface area contributed by atoms with Gasteiger partial charge in [-0.3, -0.25) is 0 Å². The van der Waals surface area contributed by atoms with E-state index >= 15 is 0 Å². The Morgan fingerprint density at radius 1 is 0.974 bits per heavy atom. The first-order valence-corrected chi connectivity index (χ1v) is 11.7. The lowest BCUT2D eigenvalue weighted by Crippen LogP contribution is -2.29. The van der Waals surface area contributed by atoms with E-state index in [1.54, 1.807) is 6.07 Å². The lowest BCUT2D eigenvalue weighted by Gasteiger charge is -2.24. The van der Waals surface area contributed by atoms with Gasteiger partial charge < -0.3 is 36.0 Å². The van der Waals surface area contributed by atoms with E-state index in [1.165, 1.54) is 33.4 Å². The van der Waals surface area contributed by atoms with Crippen molar-refractivity contribution in [2.45, 2.75) is 25.6 Å². The first-order valence-electron chi connectivity index (χ1n) is 11.7. The van der Waals surface area contributed by atoms with Crippen LogP contribution >= 0.6 is 0 Å². The molecule has 0 aliphatic heterocycles. The molecule has 0 bridgehead atoms. The molecule has 1 heterocycles. The minimum Gasteiger partial charge on any atom is -0.494 e. The van der Waals surface area contributed by atoms with E-state index in [0.29, 0.717) is 17.1 Å². The molecule has 2 aromatic carbocycles. The molecule has 0 spiro atoms. The van der Waals surface area contributed by atoms with Crippen LogP contribution in [0.3, 0.4) is 0 Å². The summed E-state index contributed by atoms with van der Waals surface area (Å²) >= 11 is 0. The van der Waals surface area contributed by atoms with E-state index in [1.807, 2.05) is 32.1 Å². The lowest BCUT2D eigenvalue weighted by molar-refractivity contribution is -0.137. The first-order chi connectivity index (χ1) is 17.7. The van der Waals surface area contributed by atoms with E-state index < -0.39 is 17.3 Å². The number of aromatic nitrogens is 3. The number of aliphatic hydroxyl groups is 1. The fraction of sp³-hybridized carbons (Fsp3) is 0.400. The molecule has 3 aromatic rings. The predicted molar refractivity (Wildman–Crippen MR) is 142 cm³/mol. The van der Waals surface area contributed by atoms with Crippen molar-refractivity contribution in [2.75, 3.05) is 62.6 Å². The highest BCUT2D eigenvalue weighted by molar-refractivity contribution is 5.79. The van der Waals surface area contributed by atoms with Crippen LogP contribution in [0.1, 0.15) is 25.0 Å². The van der Waals surface area contributed by atoms with Crippen molar-refractivity contribution in [3.8, 4) is 5.75 Å². The van der Waals surface area contributed by atoms with Gasteiger partial charge >= 0.3 is 6.18 Å². The summed E-state index contributed by atoms with van der Waals surface area (Å²) in [4.78, 5) is 16.6. The van der Waals surface area contributed by atoms with Crippen molar-refractivity contribution in [3.63, 3.8) is 0 Å². The molecule has 0 saturated heterocycles. The van der Waals surface area contributed by atoms with Crippen LogP contribution in [-0.2, 0) is 11.8 Å². The molecule has 0 amide bonds. The molecule has 0 aliphatic carbocycles. The van der Waals surface area contributed by atoms with Gasteiger partial charge in [-0.05, 0) is 52.2 Å². The Hall–Kier alpha value is -3.84. The van der Waals surface area contributed by atoms with Gasteiger partial charge in [0.05, 0.1) is 35.3 Å². The maximum Gasteiger partial charge on any atom is 0.416 e. The van der Waals surface area contributed by atoms with Crippen molar-refractivity contribution < 1.29 is 23.0 Å². The summed E-state index contributed by atoms with van der Waals surface area (Å²) in [5.41, 5.74) is 5.95. The Balaban J connectivity index is 1.87. The second-order valence-electron chi connectivity index (χ2n) is 9.54. The summed E-state index contributed by atoms with van der Waals surface area (Å²) in [5, 5.41) is 16.4. The predicted octanol–water partition coefficient (Wildman–Crippen LogP) is 4.19. The van der Waals surface area contributed by atoms with Gasteiger partial charge in [-0.2, -0.15) is 18.2 Å². The summed E-state index contributed by atoms with van der Waals surface area (Å²) in [5.74, 6) is 0.707. The molecule has 0 aliphatic rings. The van der Waals surface area contributed by atoms with Gasteiger partial charge in [0.1, 0.15) is 12.1 Å². The third-order valence-corrected chi connectivity index (χ3v) is 5.71. The number of anilines is 6.